The predicted molar refractivity (Wildman–Crippen MR) is 227 cm³/mol. The summed E-state index contributed by atoms with van der Waals surface area (Å²) in [4.78, 5) is 76.1. The molecule has 4 aromatic rings. The molecule has 0 spiro atoms. The minimum Gasteiger partial charge on any atom is -0.495 e. The number of benzene rings is 2. The molecule has 2 fully saturated rings. The standard InChI is InChI=1S/C43H51N11O9/c1-3-32-39-51-46-25-53(39)34-22-45-43(50-38(34)54(32)27-7-4-5-8-27)48-31-12-11-26(21-35(31)60-2)40(57)44-15-16-61-17-18-62-19-20-63-24-37(56)47-30-10-6-9-28-29(30)23-52(42(28)59)33-13-14-36(55)49-41(33)58/h6,9-12,21-22,25,27,32-33H,3-5,7-8,13-20,23-24H2,1-2H3,(H,44,57)(H,47,56)(H,45,48,50)(H,49,55,58). The van der Waals surface area contributed by atoms with Crippen LogP contribution in [0.2, 0.25) is 0 Å². The number of anilines is 4. The van der Waals surface area contributed by atoms with Crippen molar-refractivity contribution in [2.75, 3.05) is 68.8 Å². The molecular weight excluding hydrogens is 815 g/mol. The number of carbonyl (C=O) groups is 5. The summed E-state index contributed by atoms with van der Waals surface area (Å²) in [6.07, 6.45) is 9.34. The summed E-state index contributed by atoms with van der Waals surface area (Å²) in [6, 6.07) is 9.79. The average Bonchev–Trinajstić information content (AvgIpc) is 4.07. The number of nitrogens with zero attached hydrogens (tertiary/aromatic N) is 7. The van der Waals surface area contributed by atoms with E-state index >= 15 is 0 Å². The van der Waals surface area contributed by atoms with E-state index in [1.807, 2.05) is 4.57 Å². The Labute approximate surface area is 363 Å². The first-order valence-electron chi connectivity index (χ1n) is 21.3. The first-order valence-corrected chi connectivity index (χ1v) is 21.3. The second-order valence-corrected chi connectivity index (χ2v) is 15.6. The van der Waals surface area contributed by atoms with Gasteiger partial charge in [-0.3, -0.25) is 33.9 Å². The van der Waals surface area contributed by atoms with Gasteiger partial charge in [0.1, 0.15) is 30.4 Å². The number of aromatic nitrogens is 5. The van der Waals surface area contributed by atoms with Crippen molar-refractivity contribution in [2.24, 2.45) is 0 Å². The summed E-state index contributed by atoms with van der Waals surface area (Å²) >= 11 is 0. The summed E-state index contributed by atoms with van der Waals surface area (Å²) < 4.78 is 24.2. The van der Waals surface area contributed by atoms with E-state index in [1.54, 1.807) is 56.0 Å². The first-order chi connectivity index (χ1) is 30.7. The highest BCUT2D eigenvalue weighted by atomic mass is 16.5. The molecule has 2 aromatic carbocycles. The Balaban J connectivity index is 0.724. The van der Waals surface area contributed by atoms with Gasteiger partial charge in [-0.1, -0.05) is 25.8 Å². The molecule has 63 heavy (non-hydrogen) atoms. The van der Waals surface area contributed by atoms with E-state index < -0.39 is 17.9 Å². The fourth-order valence-electron chi connectivity index (χ4n) is 8.59. The number of piperidine rings is 1. The quantitative estimate of drug-likeness (QED) is 0.0783. The first kappa shape index (κ1) is 43.2. The molecule has 4 N–H and O–H groups in total. The highest BCUT2D eigenvalue weighted by molar-refractivity contribution is 6.07. The monoisotopic (exact) mass is 865 g/mol. The van der Waals surface area contributed by atoms with Crippen molar-refractivity contribution in [3.63, 3.8) is 0 Å². The molecule has 8 rings (SSSR count). The molecule has 3 aliphatic heterocycles. The normalized spacial score (nSPS) is 18.2. The van der Waals surface area contributed by atoms with Crippen molar-refractivity contribution in [1.82, 2.24) is 40.3 Å². The van der Waals surface area contributed by atoms with Gasteiger partial charge in [0.05, 0.1) is 58.1 Å². The number of fused-ring (bicyclic) bond motifs is 4. The zero-order valence-corrected chi connectivity index (χ0v) is 35.3. The molecule has 1 saturated carbocycles. The third kappa shape index (κ3) is 9.47. The third-order valence-electron chi connectivity index (χ3n) is 11.6. The fraction of sp³-hybridized carbons (Fsp3) is 0.465. The lowest BCUT2D eigenvalue weighted by Crippen LogP contribution is -2.52. The Morgan fingerprint density at radius 3 is 2.52 bits per heavy atom. The highest BCUT2D eigenvalue weighted by Gasteiger charge is 2.41. The molecule has 4 aliphatic rings. The number of methoxy groups -OCH3 is 1. The third-order valence-corrected chi connectivity index (χ3v) is 11.6. The molecule has 2 aromatic heterocycles. The molecule has 20 nitrogen and oxygen atoms in total. The Bertz CT molecular complexity index is 2350. The molecule has 5 heterocycles. The van der Waals surface area contributed by atoms with E-state index in [9.17, 15) is 24.0 Å². The number of ether oxygens (including phenoxy) is 4. The van der Waals surface area contributed by atoms with Gasteiger partial charge in [0, 0.05) is 47.9 Å². The van der Waals surface area contributed by atoms with Gasteiger partial charge in [-0.2, -0.15) is 4.98 Å². The van der Waals surface area contributed by atoms with Crippen molar-refractivity contribution in [3.8, 4) is 11.4 Å². The summed E-state index contributed by atoms with van der Waals surface area (Å²) in [5.74, 6) is 0.735. The minimum atomic E-state index is -0.748. The van der Waals surface area contributed by atoms with Gasteiger partial charge >= 0.3 is 0 Å². The second-order valence-electron chi connectivity index (χ2n) is 15.6. The van der Waals surface area contributed by atoms with Gasteiger partial charge in [-0.05, 0) is 56.0 Å². The van der Waals surface area contributed by atoms with E-state index in [0.29, 0.717) is 52.4 Å². The van der Waals surface area contributed by atoms with Crippen LogP contribution in [0.25, 0.3) is 5.69 Å². The summed E-state index contributed by atoms with van der Waals surface area (Å²) in [6.45, 7) is 3.60. The van der Waals surface area contributed by atoms with Crippen LogP contribution in [0.3, 0.4) is 0 Å². The van der Waals surface area contributed by atoms with Crippen LogP contribution < -0.4 is 30.9 Å². The Kier molecular flexibility index (Phi) is 13.5. The minimum absolute atomic E-state index is 0.0579. The lowest BCUT2D eigenvalue weighted by Gasteiger charge is -2.40. The summed E-state index contributed by atoms with van der Waals surface area (Å²) in [7, 11) is 1.54. The smallest absolute Gasteiger partial charge is 0.255 e. The Hall–Kier alpha value is -6.51. The number of carbonyl (C=O) groups excluding carboxylic acids is 5. The molecule has 1 saturated heterocycles. The molecule has 20 heteroatoms. The van der Waals surface area contributed by atoms with Crippen LogP contribution in [0, 0.1) is 0 Å². The van der Waals surface area contributed by atoms with E-state index in [4.69, 9.17) is 23.9 Å². The van der Waals surface area contributed by atoms with Crippen LogP contribution >= 0.6 is 0 Å². The number of nitrogens with one attached hydrogen (secondary N) is 4. The fourth-order valence-corrected chi connectivity index (χ4v) is 8.59. The van der Waals surface area contributed by atoms with Gasteiger partial charge in [0.25, 0.3) is 11.8 Å². The molecule has 2 atom stereocenters. The molecule has 1 aliphatic carbocycles. The largest absolute Gasteiger partial charge is 0.495 e. The lowest BCUT2D eigenvalue weighted by molar-refractivity contribution is -0.137. The van der Waals surface area contributed by atoms with Gasteiger partial charge in [0.15, 0.2) is 11.6 Å². The van der Waals surface area contributed by atoms with E-state index in [1.165, 1.54) is 17.7 Å². The molecule has 0 radical (unpaired) electrons. The maximum absolute atomic E-state index is 13.0. The number of amides is 5. The Morgan fingerprint density at radius 1 is 0.952 bits per heavy atom. The average molecular weight is 866 g/mol. The predicted octanol–water partition coefficient (Wildman–Crippen LogP) is 3.20. The zero-order valence-electron chi connectivity index (χ0n) is 35.3. The Morgan fingerprint density at radius 2 is 1.75 bits per heavy atom. The van der Waals surface area contributed by atoms with E-state index in [2.05, 4.69) is 48.3 Å². The summed E-state index contributed by atoms with van der Waals surface area (Å²) in [5.41, 5.74) is 3.34. The van der Waals surface area contributed by atoms with Crippen LogP contribution in [0.1, 0.15) is 90.0 Å². The summed E-state index contributed by atoms with van der Waals surface area (Å²) in [5, 5.41) is 19.9. The topological polar surface area (TPSA) is 233 Å². The molecule has 2 unspecified atom stereocenters. The van der Waals surface area contributed by atoms with Crippen molar-refractivity contribution in [1.29, 1.82) is 0 Å². The van der Waals surface area contributed by atoms with Crippen molar-refractivity contribution in [2.45, 2.75) is 76.5 Å². The van der Waals surface area contributed by atoms with E-state index in [0.717, 1.165) is 36.6 Å². The number of rotatable bonds is 19. The number of hydrogen-bond acceptors (Lipinski definition) is 15. The van der Waals surface area contributed by atoms with Gasteiger partial charge in [-0.25, -0.2) is 4.98 Å². The molecular formula is C43H51N11O9. The van der Waals surface area contributed by atoms with Crippen molar-refractivity contribution in [3.05, 3.63) is 71.4 Å². The number of imide groups is 1. The molecule has 332 valence electrons. The molecule has 0 bridgehead atoms. The van der Waals surface area contributed by atoms with Crippen LogP contribution in [0.5, 0.6) is 5.75 Å². The van der Waals surface area contributed by atoms with Crippen LogP contribution in [0.15, 0.2) is 48.9 Å². The van der Waals surface area contributed by atoms with Crippen molar-refractivity contribution >= 4 is 52.7 Å². The van der Waals surface area contributed by atoms with Gasteiger partial charge in [0.2, 0.25) is 23.7 Å². The van der Waals surface area contributed by atoms with Crippen LogP contribution in [0.4, 0.5) is 23.1 Å². The lowest BCUT2D eigenvalue weighted by atomic mass is 10.0. The highest BCUT2D eigenvalue weighted by Crippen LogP contribution is 2.43. The molecule has 5 amide bonds. The maximum atomic E-state index is 13.0. The van der Waals surface area contributed by atoms with E-state index in [-0.39, 0.29) is 82.7 Å². The second kappa shape index (κ2) is 19.7. The van der Waals surface area contributed by atoms with Crippen LogP contribution in [-0.4, -0.2) is 125 Å². The maximum Gasteiger partial charge on any atom is 0.255 e. The number of hydrogen-bond donors (Lipinski definition) is 4. The zero-order chi connectivity index (χ0) is 43.9. The van der Waals surface area contributed by atoms with Gasteiger partial charge in [-0.15, -0.1) is 10.2 Å². The SMILES string of the molecule is CCC1c2nncn2-c2cnc(Nc3ccc(C(=O)NCCOCCOCCOCC(=O)Nc4cccc5c4CN(C4CCC(=O)NC4=O)C5=O)cc3OC)nc2N1C1CCCC1. The van der Waals surface area contributed by atoms with Crippen LogP contribution in [-0.2, 0) is 35.1 Å². The van der Waals surface area contributed by atoms with Gasteiger partial charge < -0.3 is 44.7 Å². The van der Waals surface area contributed by atoms with Crippen molar-refractivity contribution < 1.29 is 42.9 Å².